The second-order valence-corrected chi connectivity index (χ2v) is 8.24. The smallest absolute Gasteiger partial charge is 0.254 e. The van der Waals surface area contributed by atoms with E-state index in [0.717, 1.165) is 35.5 Å². The zero-order chi connectivity index (χ0) is 19.9. The van der Waals surface area contributed by atoms with Gasteiger partial charge in [-0.3, -0.25) is 4.79 Å². The minimum absolute atomic E-state index is 0.0147. The largest absolute Gasteiger partial charge is 0.345 e. The lowest BCUT2D eigenvalue weighted by molar-refractivity contribution is 0.0915. The Morgan fingerprint density at radius 3 is 2.54 bits per heavy atom. The maximum absolute atomic E-state index is 14.1. The van der Waals surface area contributed by atoms with E-state index in [9.17, 15) is 9.18 Å². The Bertz CT molecular complexity index is 1020. The van der Waals surface area contributed by atoms with Crippen LogP contribution in [0, 0.1) is 18.2 Å². The summed E-state index contributed by atoms with van der Waals surface area (Å²) in [5.41, 5.74) is 4.11. The van der Waals surface area contributed by atoms with Crippen molar-refractivity contribution >= 4 is 5.91 Å². The number of hydrogen-bond donors (Lipinski definition) is 1. The van der Waals surface area contributed by atoms with Gasteiger partial charge in [-0.05, 0) is 49.4 Å². The van der Waals surface area contributed by atoms with Crippen LogP contribution in [-0.4, -0.2) is 15.7 Å². The molecule has 0 fully saturated rings. The number of amides is 1. The van der Waals surface area contributed by atoms with Crippen molar-refractivity contribution < 1.29 is 9.18 Å². The molecule has 4 rings (SSSR count). The van der Waals surface area contributed by atoms with Gasteiger partial charge in [-0.2, -0.15) is 5.10 Å². The Morgan fingerprint density at radius 1 is 1.14 bits per heavy atom. The van der Waals surface area contributed by atoms with Crippen LogP contribution in [0.2, 0.25) is 0 Å². The highest BCUT2D eigenvalue weighted by atomic mass is 19.1. The van der Waals surface area contributed by atoms with Crippen LogP contribution in [0.1, 0.15) is 53.6 Å². The Balaban J connectivity index is 1.74. The Hall–Kier alpha value is -2.95. The van der Waals surface area contributed by atoms with Crippen LogP contribution >= 0.6 is 0 Å². The van der Waals surface area contributed by atoms with Crippen molar-refractivity contribution in [3.05, 3.63) is 82.9 Å². The number of nitrogens with zero attached hydrogens (tertiary/aromatic N) is 2. The molecule has 4 nitrogen and oxygen atoms in total. The van der Waals surface area contributed by atoms with Gasteiger partial charge in [-0.15, -0.1) is 0 Å². The van der Waals surface area contributed by atoms with Gasteiger partial charge in [0.15, 0.2) is 0 Å². The molecule has 0 radical (unpaired) electrons. The molecule has 28 heavy (non-hydrogen) atoms. The molecule has 0 saturated carbocycles. The number of hydrogen-bond acceptors (Lipinski definition) is 2. The third-order valence-electron chi connectivity index (χ3n) is 5.38. The van der Waals surface area contributed by atoms with E-state index in [1.54, 1.807) is 12.1 Å². The van der Waals surface area contributed by atoms with Gasteiger partial charge in [0.05, 0.1) is 28.7 Å². The third-order valence-corrected chi connectivity index (χ3v) is 5.38. The molecule has 144 valence electrons. The molecular formula is C23H24FN3O. The van der Waals surface area contributed by atoms with Gasteiger partial charge in [0, 0.05) is 5.56 Å². The van der Waals surface area contributed by atoms with E-state index < -0.39 is 11.7 Å². The summed E-state index contributed by atoms with van der Waals surface area (Å²) in [5.74, 6) is -0.898. The van der Waals surface area contributed by atoms with Crippen LogP contribution in [0.4, 0.5) is 4.39 Å². The normalized spacial score (nSPS) is 17.8. The van der Waals surface area contributed by atoms with Crippen molar-refractivity contribution in [2.24, 2.45) is 5.41 Å². The minimum atomic E-state index is -0.507. The molecule has 0 saturated heterocycles. The molecule has 1 aromatic heterocycles. The first-order valence-corrected chi connectivity index (χ1v) is 9.55. The number of para-hydroxylation sites is 1. The summed E-state index contributed by atoms with van der Waals surface area (Å²) in [6.45, 7) is 6.35. The molecule has 1 atom stereocenters. The summed E-state index contributed by atoms with van der Waals surface area (Å²) < 4.78 is 16.0. The number of aromatic nitrogens is 2. The van der Waals surface area contributed by atoms with Crippen LogP contribution in [0.25, 0.3) is 5.69 Å². The van der Waals surface area contributed by atoms with Crippen molar-refractivity contribution in [2.75, 3.05) is 0 Å². The van der Waals surface area contributed by atoms with Crippen LogP contribution < -0.4 is 5.32 Å². The molecule has 1 N–H and O–H groups in total. The first-order valence-electron chi connectivity index (χ1n) is 9.55. The highest BCUT2D eigenvalue weighted by Crippen LogP contribution is 2.42. The topological polar surface area (TPSA) is 46.9 Å². The molecule has 1 aliphatic carbocycles. The number of rotatable bonds is 3. The van der Waals surface area contributed by atoms with Gasteiger partial charge < -0.3 is 5.32 Å². The maximum atomic E-state index is 14.1. The Morgan fingerprint density at radius 2 is 1.82 bits per heavy atom. The summed E-state index contributed by atoms with van der Waals surface area (Å²) in [6, 6.07) is 15.9. The number of aryl methyl sites for hydroxylation is 1. The monoisotopic (exact) mass is 377 g/mol. The van der Waals surface area contributed by atoms with E-state index in [2.05, 4.69) is 19.2 Å². The number of carbonyl (C=O) groups is 1. The molecular weight excluding hydrogens is 353 g/mol. The first kappa shape index (κ1) is 18.4. The average molecular weight is 377 g/mol. The van der Waals surface area contributed by atoms with Crippen LogP contribution in [0.15, 0.2) is 54.6 Å². The zero-order valence-electron chi connectivity index (χ0n) is 16.4. The zero-order valence-corrected chi connectivity index (χ0v) is 16.4. The molecule has 1 heterocycles. The third kappa shape index (κ3) is 3.33. The number of fused-ring (bicyclic) bond motifs is 1. The van der Waals surface area contributed by atoms with Crippen LogP contribution in [0.3, 0.4) is 0 Å². The summed E-state index contributed by atoms with van der Waals surface area (Å²) in [5, 5.41) is 7.83. The Labute approximate surface area is 164 Å². The SMILES string of the molecule is Cc1nn(-c2ccccc2)c2c1C(NC(=O)c1ccccc1F)CC(C)(C)C2. The molecule has 3 aromatic rings. The van der Waals surface area contributed by atoms with E-state index in [0.29, 0.717) is 0 Å². The fraction of sp³-hybridized carbons (Fsp3) is 0.304. The van der Waals surface area contributed by atoms with E-state index in [-0.39, 0.29) is 17.0 Å². The number of benzene rings is 2. The van der Waals surface area contributed by atoms with E-state index in [4.69, 9.17) is 5.10 Å². The van der Waals surface area contributed by atoms with Crippen LogP contribution in [-0.2, 0) is 6.42 Å². The molecule has 0 spiro atoms. The lowest BCUT2D eigenvalue weighted by atomic mass is 9.73. The fourth-order valence-corrected chi connectivity index (χ4v) is 4.18. The first-order chi connectivity index (χ1) is 13.4. The van der Waals surface area contributed by atoms with Gasteiger partial charge >= 0.3 is 0 Å². The predicted molar refractivity (Wildman–Crippen MR) is 107 cm³/mol. The highest BCUT2D eigenvalue weighted by Gasteiger charge is 2.37. The standard InChI is InChI=1S/C23H24FN3O/c1-15-21-19(25-22(28)17-11-7-8-12-18(17)24)13-23(2,3)14-20(21)27(26-15)16-9-5-4-6-10-16/h4-12,19H,13-14H2,1-3H3,(H,25,28). The summed E-state index contributed by atoms with van der Waals surface area (Å²) in [6.07, 6.45) is 1.64. The van der Waals surface area contributed by atoms with Crippen LogP contribution in [0.5, 0.6) is 0 Å². The highest BCUT2D eigenvalue weighted by molar-refractivity contribution is 5.94. The molecule has 2 aromatic carbocycles. The summed E-state index contributed by atoms with van der Waals surface area (Å²) >= 11 is 0. The van der Waals surface area contributed by atoms with Crippen molar-refractivity contribution in [1.29, 1.82) is 0 Å². The second-order valence-electron chi connectivity index (χ2n) is 8.24. The fourth-order valence-electron chi connectivity index (χ4n) is 4.18. The van der Waals surface area contributed by atoms with E-state index in [1.807, 2.05) is 41.9 Å². The lowest BCUT2D eigenvalue weighted by Gasteiger charge is -2.36. The number of nitrogens with one attached hydrogen (secondary N) is 1. The molecule has 5 heteroatoms. The average Bonchev–Trinajstić information content (AvgIpc) is 2.98. The van der Waals surface area contributed by atoms with Gasteiger partial charge in [0.25, 0.3) is 5.91 Å². The van der Waals surface area contributed by atoms with Crippen molar-refractivity contribution in [3.63, 3.8) is 0 Å². The number of carbonyl (C=O) groups excluding carboxylic acids is 1. The Kier molecular flexibility index (Phi) is 4.53. The predicted octanol–water partition coefficient (Wildman–Crippen LogP) is 4.76. The second kappa shape index (κ2) is 6.89. The quantitative estimate of drug-likeness (QED) is 0.715. The van der Waals surface area contributed by atoms with Crippen molar-refractivity contribution in [3.8, 4) is 5.69 Å². The summed E-state index contributed by atoms with van der Waals surface area (Å²) in [4.78, 5) is 12.8. The van der Waals surface area contributed by atoms with Crippen molar-refractivity contribution in [1.82, 2.24) is 15.1 Å². The van der Waals surface area contributed by atoms with Gasteiger partial charge in [0.1, 0.15) is 5.82 Å². The summed E-state index contributed by atoms with van der Waals surface area (Å²) in [7, 11) is 0. The molecule has 1 unspecified atom stereocenters. The molecule has 0 bridgehead atoms. The van der Waals surface area contributed by atoms with E-state index in [1.165, 1.54) is 12.1 Å². The van der Waals surface area contributed by atoms with E-state index >= 15 is 0 Å². The van der Waals surface area contributed by atoms with Gasteiger partial charge in [-0.25, -0.2) is 9.07 Å². The molecule has 1 aliphatic rings. The lowest BCUT2D eigenvalue weighted by Crippen LogP contribution is -2.37. The molecule has 1 amide bonds. The van der Waals surface area contributed by atoms with Gasteiger partial charge in [0.2, 0.25) is 0 Å². The minimum Gasteiger partial charge on any atom is -0.345 e. The van der Waals surface area contributed by atoms with Crippen molar-refractivity contribution in [2.45, 2.75) is 39.7 Å². The number of halogens is 1. The maximum Gasteiger partial charge on any atom is 0.254 e. The van der Waals surface area contributed by atoms with Gasteiger partial charge in [-0.1, -0.05) is 44.2 Å². The molecule has 0 aliphatic heterocycles.